The molecule has 2 aromatic rings. The van der Waals surface area contributed by atoms with Crippen molar-refractivity contribution in [1.29, 1.82) is 0 Å². The van der Waals surface area contributed by atoms with Crippen LogP contribution in [0.1, 0.15) is 32.1 Å². The summed E-state index contributed by atoms with van der Waals surface area (Å²) < 4.78 is 52.5. The summed E-state index contributed by atoms with van der Waals surface area (Å²) in [6.45, 7) is 31.5. The fraction of sp³-hybridized carbons (Fsp3) is 0.208. The minimum atomic E-state index is 0. The molecule has 1 saturated carbocycles. The van der Waals surface area contributed by atoms with Crippen molar-refractivity contribution >= 4 is 19.2 Å². The molecule has 2 aromatic carbocycles. The summed E-state index contributed by atoms with van der Waals surface area (Å²) in [4.78, 5) is 0. The molecule has 1 aliphatic rings. The third-order valence-corrected chi connectivity index (χ3v) is 4.33. The van der Waals surface area contributed by atoms with Crippen molar-refractivity contribution < 1.29 is 74.7 Å². The molecule has 34 heavy (non-hydrogen) atoms. The molecule has 0 spiro atoms. The summed E-state index contributed by atoms with van der Waals surface area (Å²) in [5, 5.41) is 2.79. The van der Waals surface area contributed by atoms with E-state index in [1.54, 1.807) is 0 Å². The predicted molar refractivity (Wildman–Crippen MR) is 111 cm³/mol. The molecule has 0 N–H and O–H groups in total. The Balaban J connectivity index is -0.0000000458. The van der Waals surface area contributed by atoms with Crippen LogP contribution in [-0.4, -0.2) is 0 Å². The van der Waals surface area contributed by atoms with Crippen molar-refractivity contribution in [3.05, 3.63) is 107 Å². The average Bonchev–Trinajstić information content (AvgIpc) is 3.54. The molecule has 0 saturated heterocycles. The first-order valence-corrected chi connectivity index (χ1v) is 9.25. The van der Waals surface area contributed by atoms with Crippen LogP contribution in [0, 0.1) is 46.6 Å². The van der Waals surface area contributed by atoms with Gasteiger partial charge in [0.1, 0.15) is 0 Å². The van der Waals surface area contributed by atoms with E-state index in [9.17, 15) is 0 Å². The molecule has 176 valence electrons. The minimum Gasteiger partial charge on any atom is -0.0622 e. The van der Waals surface area contributed by atoms with Gasteiger partial charge in [-0.2, -0.15) is 0 Å². The molecular weight excluding hydrogens is 799 g/mol. The second-order valence-electron chi connectivity index (χ2n) is 4.62. The monoisotopic (exact) mass is 820 g/mol. The fourth-order valence-electron chi connectivity index (χ4n) is 2.09. The fourth-order valence-corrected chi connectivity index (χ4v) is 3.15. The van der Waals surface area contributed by atoms with E-state index in [1.165, 1.54) is 42.7 Å². The standard InChI is InChI=1S/C12H11P.C5H10.7CO.2W/c1-3-7-11(8-4-1)13-12-9-5-2-6-10-12;1-2-4-5-3-1;7*1-2;;/h1-10,13H;1-5H2;;;;;;;;;. The van der Waals surface area contributed by atoms with Gasteiger partial charge in [-0.1, -0.05) is 101 Å². The summed E-state index contributed by atoms with van der Waals surface area (Å²) >= 11 is 0. The van der Waals surface area contributed by atoms with Gasteiger partial charge in [0.05, 0.1) is 0 Å². The summed E-state index contributed by atoms with van der Waals surface area (Å²) in [5.41, 5.74) is 0. The Morgan fingerprint density at radius 1 is 0.382 bits per heavy atom. The Labute approximate surface area is 232 Å². The largest absolute Gasteiger partial charge is 0.0622 e. The molecule has 0 radical (unpaired) electrons. The molecule has 0 unspecified atom stereocenters. The molecule has 1 fully saturated rings. The van der Waals surface area contributed by atoms with Gasteiger partial charge in [-0.15, -0.1) is 0 Å². The van der Waals surface area contributed by atoms with Crippen LogP contribution in [-0.2, 0) is 74.7 Å². The van der Waals surface area contributed by atoms with Crippen LogP contribution in [0.25, 0.3) is 0 Å². The van der Waals surface area contributed by atoms with Crippen LogP contribution < -0.4 is 10.6 Å². The molecule has 0 amide bonds. The second kappa shape index (κ2) is 69.7. The van der Waals surface area contributed by atoms with E-state index >= 15 is 0 Å². The Hall–Kier alpha value is -1.57. The maximum Gasteiger partial charge on any atom is 0 e. The van der Waals surface area contributed by atoms with E-state index in [0.717, 1.165) is 8.58 Å². The van der Waals surface area contributed by atoms with Gasteiger partial charge in [0.15, 0.2) is 0 Å². The molecule has 1 aliphatic carbocycles. The molecule has 0 atom stereocenters. The van der Waals surface area contributed by atoms with Crippen LogP contribution >= 0.6 is 8.58 Å². The first kappa shape index (κ1) is 53.7. The first-order valence-electron chi connectivity index (χ1n) is 8.25. The van der Waals surface area contributed by atoms with Gasteiger partial charge in [-0.25, -0.2) is 0 Å². The van der Waals surface area contributed by atoms with Crippen molar-refractivity contribution in [2.24, 2.45) is 0 Å². The van der Waals surface area contributed by atoms with E-state index in [2.05, 4.69) is 107 Å². The van der Waals surface area contributed by atoms with Crippen molar-refractivity contribution in [3.63, 3.8) is 0 Å². The average molecular weight is 820 g/mol. The molecule has 0 aliphatic heterocycles. The molecule has 7 nitrogen and oxygen atoms in total. The van der Waals surface area contributed by atoms with E-state index in [4.69, 9.17) is 32.6 Å². The third kappa shape index (κ3) is 48.0. The maximum absolute atomic E-state index is 7.50. The van der Waals surface area contributed by atoms with E-state index in [1.807, 2.05) is 0 Å². The number of benzene rings is 2. The normalized spacial score (nSPS) is 7.71. The van der Waals surface area contributed by atoms with Crippen LogP contribution in [0.5, 0.6) is 0 Å². The summed E-state index contributed by atoms with van der Waals surface area (Å²) in [7, 11) is 0.777. The summed E-state index contributed by atoms with van der Waals surface area (Å²) in [6.07, 6.45) is 7.50. The van der Waals surface area contributed by atoms with E-state index < -0.39 is 0 Å². The number of hydrogen-bond acceptors (Lipinski definition) is 0. The van der Waals surface area contributed by atoms with Crippen LogP contribution in [0.3, 0.4) is 0 Å². The van der Waals surface area contributed by atoms with Crippen LogP contribution in [0.15, 0.2) is 60.7 Å². The minimum absolute atomic E-state index is 0. The van der Waals surface area contributed by atoms with E-state index in [0.29, 0.717) is 0 Å². The zero-order valence-electron chi connectivity index (χ0n) is 18.0. The summed E-state index contributed by atoms with van der Waals surface area (Å²) in [6, 6.07) is 21.2. The molecule has 0 heterocycles. The van der Waals surface area contributed by atoms with Gasteiger partial charge in [-0.05, 0) is 10.6 Å². The molecule has 0 bridgehead atoms. The van der Waals surface area contributed by atoms with Crippen molar-refractivity contribution in [3.8, 4) is 0 Å². The van der Waals surface area contributed by atoms with Crippen LogP contribution in [0.2, 0.25) is 0 Å². The van der Waals surface area contributed by atoms with Crippen molar-refractivity contribution in [2.75, 3.05) is 0 Å². The van der Waals surface area contributed by atoms with Crippen molar-refractivity contribution in [2.45, 2.75) is 32.1 Å². The first-order chi connectivity index (χ1) is 15.9. The van der Waals surface area contributed by atoms with Gasteiger partial charge in [-0.3, -0.25) is 0 Å². The van der Waals surface area contributed by atoms with Crippen molar-refractivity contribution in [1.82, 2.24) is 0 Å². The van der Waals surface area contributed by atoms with Crippen LogP contribution in [0.4, 0.5) is 0 Å². The Bertz CT molecular complexity index is 618. The Kier molecular flexibility index (Phi) is 110. The van der Waals surface area contributed by atoms with E-state index in [-0.39, 0.29) is 42.1 Å². The zero-order chi connectivity index (χ0) is 26.5. The summed E-state index contributed by atoms with van der Waals surface area (Å²) in [5.74, 6) is 0. The van der Waals surface area contributed by atoms with Gasteiger partial charge in [0.2, 0.25) is 0 Å². The molecule has 3 rings (SSSR count). The zero-order valence-corrected chi connectivity index (χ0v) is 24.9. The number of hydrogen-bond donors (Lipinski definition) is 0. The maximum atomic E-state index is 7.50. The number of rotatable bonds is 2. The Morgan fingerprint density at radius 2 is 0.559 bits per heavy atom. The quantitative estimate of drug-likeness (QED) is 0.246. The molecular formula is C24H21O7PW2. The predicted octanol–water partition coefficient (Wildman–Crippen LogP) is 4.00. The molecule has 0 aromatic heterocycles. The van der Waals surface area contributed by atoms with Gasteiger partial charge < -0.3 is 0 Å². The topological polar surface area (TPSA) is 139 Å². The molecule has 10 heteroatoms. The van der Waals surface area contributed by atoms with Gasteiger partial charge in [0.25, 0.3) is 0 Å². The smallest absolute Gasteiger partial charge is 0 e. The van der Waals surface area contributed by atoms with Gasteiger partial charge in [0, 0.05) is 42.1 Å². The van der Waals surface area contributed by atoms with Gasteiger partial charge >= 0.3 is 79.1 Å². The SMILES string of the molecule is C1CCCC1.[C-]#[O+].[C-]#[O+].[C-]#[O+].[C-]#[O+].[C-]#[O+].[C-]#[O+].[C-]#[O+].[W].[W].c1ccc(Pc2ccccc2)cc1. The Morgan fingerprint density at radius 3 is 0.735 bits per heavy atom. The third-order valence-electron chi connectivity index (χ3n) is 3.09. The second-order valence-corrected chi connectivity index (χ2v) is 6.03.